The first-order chi connectivity index (χ1) is 9.52. The number of alkyl halides is 1. The van der Waals surface area contributed by atoms with Gasteiger partial charge in [0.2, 0.25) is 0 Å². The standard InChI is InChI=1S/C13H17FN2O3S/c1-3-6-19-13(18)10-8(2)15-11(20-10)12(17)16-5-4-9(14)7-16/h9H,3-7H2,1-2H3. The number of hydrogen-bond acceptors (Lipinski definition) is 5. The highest BCUT2D eigenvalue weighted by Crippen LogP contribution is 2.23. The number of esters is 1. The van der Waals surface area contributed by atoms with Crippen molar-refractivity contribution < 1.29 is 18.7 Å². The summed E-state index contributed by atoms with van der Waals surface area (Å²) in [6.07, 6.45) is 0.136. The van der Waals surface area contributed by atoms with Crippen LogP contribution in [0.1, 0.15) is 44.9 Å². The van der Waals surface area contributed by atoms with Crippen molar-refractivity contribution in [2.45, 2.75) is 32.9 Å². The summed E-state index contributed by atoms with van der Waals surface area (Å²) < 4.78 is 18.2. The lowest BCUT2D eigenvalue weighted by Crippen LogP contribution is -2.28. The number of aromatic nitrogens is 1. The predicted octanol–water partition coefficient (Wildman–Crippen LogP) is 2.20. The lowest BCUT2D eigenvalue weighted by Gasteiger charge is -2.12. The average molecular weight is 300 g/mol. The van der Waals surface area contributed by atoms with Crippen LogP contribution in [0.5, 0.6) is 0 Å². The summed E-state index contributed by atoms with van der Waals surface area (Å²) in [4.78, 5) is 29.8. The van der Waals surface area contributed by atoms with Crippen molar-refractivity contribution in [2.24, 2.45) is 0 Å². The van der Waals surface area contributed by atoms with Crippen molar-refractivity contribution in [3.8, 4) is 0 Å². The summed E-state index contributed by atoms with van der Waals surface area (Å²) in [5.74, 6) is -0.765. The average Bonchev–Trinajstić information content (AvgIpc) is 3.01. The van der Waals surface area contributed by atoms with Crippen LogP contribution in [0, 0.1) is 6.92 Å². The van der Waals surface area contributed by atoms with Crippen LogP contribution < -0.4 is 0 Å². The number of aryl methyl sites for hydroxylation is 1. The number of thiazole rings is 1. The van der Waals surface area contributed by atoms with Gasteiger partial charge in [-0.05, 0) is 19.8 Å². The zero-order chi connectivity index (χ0) is 14.7. The molecule has 2 heterocycles. The number of amides is 1. The first-order valence-electron chi connectivity index (χ1n) is 6.60. The van der Waals surface area contributed by atoms with E-state index in [1.165, 1.54) is 4.90 Å². The summed E-state index contributed by atoms with van der Waals surface area (Å²) in [6.45, 7) is 4.41. The Morgan fingerprint density at radius 1 is 1.55 bits per heavy atom. The van der Waals surface area contributed by atoms with Gasteiger partial charge in [0.1, 0.15) is 11.0 Å². The molecule has 1 aromatic heterocycles. The van der Waals surface area contributed by atoms with Crippen LogP contribution in [-0.2, 0) is 4.74 Å². The van der Waals surface area contributed by atoms with Crippen LogP contribution in [-0.4, -0.2) is 47.6 Å². The molecule has 110 valence electrons. The van der Waals surface area contributed by atoms with Crippen molar-refractivity contribution in [1.82, 2.24) is 9.88 Å². The van der Waals surface area contributed by atoms with Gasteiger partial charge in [0.15, 0.2) is 5.01 Å². The van der Waals surface area contributed by atoms with E-state index in [1.807, 2.05) is 6.92 Å². The molecule has 7 heteroatoms. The van der Waals surface area contributed by atoms with E-state index in [9.17, 15) is 14.0 Å². The molecule has 1 aliphatic heterocycles. The largest absolute Gasteiger partial charge is 0.461 e. The van der Waals surface area contributed by atoms with E-state index in [2.05, 4.69) is 4.98 Å². The van der Waals surface area contributed by atoms with Gasteiger partial charge < -0.3 is 9.64 Å². The van der Waals surface area contributed by atoms with Gasteiger partial charge in [-0.3, -0.25) is 4.79 Å². The first kappa shape index (κ1) is 14.9. The third-order valence-electron chi connectivity index (χ3n) is 3.02. The van der Waals surface area contributed by atoms with Gasteiger partial charge in [-0.1, -0.05) is 6.92 Å². The molecular weight excluding hydrogens is 283 g/mol. The number of carbonyl (C=O) groups excluding carboxylic acids is 2. The number of likely N-dealkylation sites (tertiary alicyclic amines) is 1. The first-order valence-corrected chi connectivity index (χ1v) is 7.42. The van der Waals surface area contributed by atoms with Crippen molar-refractivity contribution >= 4 is 23.2 Å². The molecule has 0 aliphatic carbocycles. The number of hydrogen-bond donors (Lipinski definition) is 0. The summed E-state index contributed by atoms with van der Waals surface area (Å²) >= 11 is 1.01. The van der Waals surface area contributed by atoms with Crippen LogP contribution in [0.2, 0.25) is 0 Å². The van der Waals surface area contributed by atoms with E-state index < -0.39 is 12.1 Å². The van der Waals surface area contributed by atoms with Crippen LogP contribution >= 0.6 is 11.3 Å². The van der Waals surface area contributed by atoms with E-state index in [4.69, 9.17) is 4.74 Å². The highest BCUT2D eigenvalue weighted by molar-refractivity contribution is 7.15. The van der Waals surface area contributed by atoms with E-state index >= 15 is 0 Å². The lowest BCUT2D eigenvalue weighted by molar-refractivity contribution is 0.0509. The molecule has 1 aliphatic rings. The molecule has 0 saturated carbocycles. The molecule has 0 N–H and O–H groups in total. The molecule has 0 spiro atoms. The molecule has 1 saturated heterocycles. The van der Waals surface area contributed by atoms with E-state index in [0.29, 0.717) is 30.1 Å². The normalized spacial score (nSPS) is 18.4. The summed E-state index contributed by atoms with van der Waals surface area (Å²) in [6, 6.07) is 0. The molecule has 1 unspecified atom stereocenters. The fourth-order valence-electron chi connectivity index (χ4n) is 1.97. The highest BCUT2D eigenvalue weighted by atomic mass is 32.1. The second-order valence-corrected chi connectivity index (χ2v) is 5.71. The summed E-state index contributed by atoms with van der Waals surface area (Å²) in [5.41, 5.74) is 0.482. The minimum absolute atomic E-state index is 0.104. The zero-order valence-electron chi connectivity index (χ0n) is 11.5. The minimum Gasteiger partial charge on any atom is -0.461 e. The summed E-state index contributed by atoms with van der Waals surface area (Å²) in [7, 11) is 0. The van der Waals surface area contributed by atoms with E-state index in [-0.39, 0.29) is 17.5 Å². The fraction of sp³-hybridized carbons (Fsp3) is 0.615. The number of ether oxygens (including phenoxy) is 1. The van der Waals surface area contributed by atoms with Gasteiger partial charge in [0.05, 0.1) is 18.8 Å². The topological polar surface area (TPSA) is 59.5 Å². The van der Waals surface area contributed by atoms with Crippen LogP contribution in [0.25, 0.3) is 0 Å². The lowest BCUT2D eigenvalue weighted by atomic mass is 10.3. The second kappa shape index (κ2) is 6.30. The Morgan fingerprint density at radius 2 is 2.30 bits per heavy atom. The minimum atomic E-state index is -0.964. The molecule has 1 amide bonds. The second-order valence-electron chi connectivity index (χ2n) is 4.71. The van der Waals surface area contributed by atoms with Crippen molar-refractivity contribution in [2.75, 3.05) is 19.7 Å². The van der Waals surface area contributed by atoms with E-state index in [1.54, 1.807) is 6.92 Å². The van der Waals surface area contributed by atoms with Gasteiger partial charge in [-0.25, -0.2) is 14.2 Å². The van der Waals surface area contributed by atoms with E-state index in [0.717, 1.165) is 17.8 Å². The van der Waals surface area contributed by atoms with Gasteiger partial charge in [0, 0.05) is 6.54 Å². The Kier molecular flexibility index (Phi) is 4.69. The molecule has 1 aromatic rings. The molecule has 0 aromatic carbocycles. The van der Waals surface area contributed by atoms with Gasteiger partial charge in [-0.2, -0.15) is 0 Å². The number of nitrogens with zero attached hydrogens (tertiary/aromatic N) is 2. The van der Waals surface area contributed by atoms with Gasteiger partial charge in [-0.15, -0.1) is 11.3 Å². The molecule has 1 fully saturated rings. The molecule has 0 radical (unpaired) electrons. The number of carbonyl (C=O) groups is 2. The molecule has 5 nitrogen and oxygen atoms in total. The van der Waals surface area contributed by atoms with Crippen LogP contribution in [0.15, 0.2) is 0 Å². The number of rotatable bonds is 4. The zero-order valence-corrected chi connectivity index (χ0v) is 12.3. The maximum atomic E-state index is 13.1. The highest BCUT2D eigenvalue weighted by Gasteiger charge is 2.29. The quantitative estimate of drug-likeness (QED) is 0.800. The number of halogens is 1. The molecule has 2 rings (SSSR count). The molecule has 0 bridgehead atoms. The Bertz CT molecular complexity index is 518. The fourth-order valence-corrected chi connectivity index (χ4v) is 2.90. The Morgan fingerprint density at radius 3 is 2.90 bits per heavy atom. The van der Waals surface area contributed by atoms with Crippen molar-refractivity contribution in [3.63, 3.8) is 0 Å². The van der Waals surface area contributed by atoms with Gasteiger partial charge in [0.25, 0.3) is 5.91 Å². The maximum Gasteiger partial charge on any atom is 0.350 e. The van der Waals surface area contributed by atoms with Crippen LogP contribution in [0.4, 0.5) is 4.39 Å². The Balaban J connectivity index is 2.10. The SMILES string of the molecule is CCCOC(=O)c1sc(C(=O)N2CCC(F)C2)nc1C. The third kappa shape index (κ3) is 3.15. The predicted molar refractivity (Wildman–Crippen MR) is 72.8 cm³/mol. The van der Waals surface area contributed by atoms with Crippen molar-refractivity contribution in [3.05, 3.63) is 15.6 Å². The third-order valence-corrected chi connectivity index (χ3v) is 4.15. The van der Waals surface area contributed by atoms with Crippen molar-refractivity contribution in [1.29, 1.82) is 0 Å². The smallest absolute Gasteiger partial charge is 0.350 e. The Hall–Kier alpha value is -1.50. The van der Waals surface area contributed by atoms with Gasteiger partial charge >= 0.3 is 5.97 Å². The Labute approximate surface area is 120 Å². The summed E-state index contributed by atoms with van der Waals surface area (Å²) in [5, 5.41) is 0.222. The molecule has 1 atom stereocenters. The maximum absolute atomic E-state index is 13.1. The van der Waals surface area contributed by atoms with Crippen LogP contribution in [0.3, 0.4) is 0 Å². The molecular formula is C13H17FN2O3S. The molecule has 20 heavy (non-hydrogen) atoms. The monoisotopic (exact) mass is 300 g/mol.